The first-order valence-electron chi connectivity index (χ1n) is 5.45. The molecule has 9 heteroatoms. The van der Waals surface area contributed by atoms with Crippen molar-refractivity contribution in [2.24, 2.45) is 0 Å². The minimum atomic E-state index is -1.51. The second kappa shape index (κ2) is 6.55. The first kappa shape index (κ1) is 14.7. The largest absolute Gasteiger partial charge is 0.481 e. The molecule has 1 saturated heterocycles. The smallest absolute Gasteiger partial charge is 0.326 e. The zero-order valence-corrected chi connectivity index (χ0v) is 9.90. The highest BCUT2D eigenvalue weighted by Gasteiger charge is 2.28. The van der Waals surface area contributed by atoms with Crippen LogP contribution in [0.3, 0.4) is 0 Å². The number of hydrogen-bond acceptors (Lipinski definition) is 5. The van der Waals surface area contributed by atoms with Crippen LogP contribution in [0, 0.1) is 11.3 Å². The van der Waals surface area contributed by atoms with E-state index in [0.717, 1.165) is 0 Å². The van der Waals surface area contributed by atoms with E-state index in [9.17, 15) is 14.4 Å². The lowest BCUT2D eigenvalue weighted by Crippen LogP contribution is -2.53. The molecule has 0 radical (unpaired) electrons. The summed E-state index contributed by atoms with van der Waals surface area (Å²) < 4.78 is 5.03. The van der Waals surface area contributed by atoms with Gasteiger partial charge in [-0.2, -0.15) is 5.26 Å². The monoisotopic (exact) mass is 271 g/mol. The van der Waals surface area contributed by atoms with E-state index in [4.69, 9.17) is 20.2 Å². The number of amides is 2. The van der Waals surface area contributed by atoms with Crippen molar-refractivity contribution in [3.63, 3.8) is 0 Å². The van der Waals surface area contributed by atoms with Crippen molar-refractivity contribution in [3.05, 3.63) is 0 Å². The van der Waals surface area contributed by atoms with Crippen LogP contribution in [0.4, 0.5) is 4.79 Å². The summed E-state index contributed by atoms with van der Waals surface area (Å²) in [5, 5.41) is 28.1. The Bertz CT molecular complexity index is 418. The number of rotatable bonds is 4. The lowest BCUT2D eigenvalue weighted by molar-refractivity contribution is -0.145. The fourth-order valence-electron chi connectivity index (χ4n) is 1.53. The highest BCUT2D eigenvalue weighted by atomic mass is 16.5. The number of aliphatic carboxylic acids is 2. The summed E-state index contributed by atoms with van der Waals surface area (Å²) in [7, 11) is 0. The Balaban J connectivity index is 2.59. The van der Waals surface area contributed by atoms with Gasteiger partial charge in [0.25, 0.3) is 0 Å². The maximum Gasteiger partial charge on any atom is 0.326 e. The van der Waals surface area contributed by atoms with E-state index in [1.807, 2.05) is 6.07 Å². The number of morpholine rings is 1. The number of ether oxygens (including phenoxy) is 1. The quantitative estimate of drug-likeness (QED) is 0.586. The molecule has 104 valence electrons. The first-order chi connectivity index (χ1) is 8.93. The van der Waals surface area contributed by atoms with Crippen LogP contribution in [-0.4, -0.2) is 64.9 Å². The fourth-order valence-corrected chi connectivity index (χ4v) is 1.53. The SMILES string of the molecule is N#CC1CN(C(=O)N[C@@H](CC(=O)O)C(=O)O)CCO1. The number of nitrogens with zero attached hydrogens (tertiary/aromatic N) is 2. The number of carbonyl (C=O) groups is 3. The Labute approximate surface area is 108 Å². The molecule has 1 rings (SSSR count). The zero-order chi connectivity index (χ0) is 14.4. The fraction of sp³-hybridized carbons (Fsp3) is 0.600. The molecule has 1 fully saturated rings. The van der Waals surface area contributed by atoms with Gasteiger partial charge in [0, 0.05) is 6.54 Å². The van der Waals surface area contributed by atoms with Crippen LogP contribution in [0.25, 0.3) is 0 Å². The molecule has 1 unspecified atom stereocenters. The summed E-state index contributed by atoms with van der Waals surface area (Å²) in [6.07, 6.45) is -1.48. The molecule has 1 aliphatic heterocycles. The average Bonchev–Trinajstić information content (AvgIpc) is 2.37. The molecule has 19 heavy (non-hydrogen) atoms. The molecule has 0 bridgehead atoms. The highest BCUT2D eigenvalue weighted by molar-refractivity contribution is 5.86. The van der Waals surface area contributed by atoms with Crippen LogP contribution in [0.15, 0.2) is 0 Å². The van der Waals surface area contributed by atoms with Gasteiger partial charge in [0.2, 0.25) is 0 Å². The summed E-state index contributed by atoms with van der Waals surface area (Å²) in [5.74, 6) is -2.76. The molecule has 0 spiro atoms. The van der Waals surface area contributed by atoms with Crippen molar-refractivity contribution in [2.75, 3.05) is 19.7 Å². The molecule has 3 N–H and O–H groups in total. The first-order valence-corrected chi connectivity index (χ1v) is 5.45. The Morgan fingerprint density at radius 3 is 2.68 bits per heavy atom. The number of nitrogens with one attached hydrogen (secondary N) is 1. The third-order valence-electron chi connectivity index (χ3n) is 2.47. The molecular formula is C10H13N3O6. The standard InChI is InChI=1S/C10H13N3O6/c11-4-6-5-13(1-2-19-6)10(18)12-7(9(16)17)3-8(14)15/h6-7H,1-3,5H2,(H,12,18)(H,14,15)(H,16,17)/t6?,7-/m0/s1. The van der Waals surface area contributed by atoms with Gasteiger partial charge in [-0.25, -0.2) is 9.59 Å². The molecule has 1 aliphatic rings. The highest BCUT2D eigenvalue weighted by Crippen LogP contribution is 2.05. The summed E-state index contributed by atoms with van der Waals surface area (Å²) in [5.41, 5.74) is 0. The normalized spacial score (nSPS) is 20.2. The van der Waals surface area contributed by atoms with Gasteiger partial charge in [-0.1, -0.05) is 0 Å². The van der Waals surface area contributed by atoms with Gasteiger partial charge in [-0.15, -0.1) is 0 Å². The van der Waals surface area contributed by atoms with Gasteiger partial charge in [0.05, 0.1) is 25.6 Å². The second-order valence-electron chi connectivity index (χ2n) is 3.87. The molecule has 0 aliphatic carbocycles. The van der Waals surface area contributed by atoms with E-state index in [0.29, 0.717) is 0 Å². The number of nitriles is 1. The van der Waals surface area contributed by atoms with Crippen LogP contribution >= 0.6 is 0 Å². The van der Waals surface area contributed by atoms with E-state index < -0.39 is 36.5 Å². The van der Waals surface area contributed by atoms with Crippen LogP contribution in [0.2, 0.25) is 0 Å². The third kappa shape index (κ3) is 4.44. The lowest BCUT2D eigenvalue weighted by Gasteiger charge is -2.30. The van der Waals surface area contributed by atoms with Gasteiger partial charge in [-0.05, 0) is 0 Å². The molecule has 0 aromatic carbocycles. The van der Waals surface area contributed by atoms with E-state index in [-0.39, 0.29) is 19.7 Å². The van der Waals surface area contributed by atoms with Crippen molar-refractivity contribution in [1.82, 2.24) is 10.2 Å². The molecule has 0 aromatic rings. The predicted octanol–water partition coefficient (Wildman–Crippen LogP) is -1.15. The maximum absolute atomic E-state index is 11.7. The third-order valence-corrected chi connectivity index (χ3v) is 2.47. The van der Waals surface area contributed by atoms with Crippen LogP contribution in [0.5, 0.6) is 0 Å². The minimum Gasteiger partial charge on any atom is -0.481 e. The van der Waals surface area contributed by atoms with Gasteiger partial charge in [-0.3, -0.25) is 4.79 Å². The number of urea groups is 1. The summed E-state index contributed by atoms with van der Waals surface area (Å²) in [4.78, 5) is 34.2. The van der Waals surface area contributed by atoms with Gasteiger partial charge < -0.3 is 25.2 Å². The summed E-state index contributed by atoms with van der Waals surface area (Å²) in [6.45, 7) is 0.396. The van der Waals surface area contributed by atoms with Crippen molar-refractivity contribution >= 4 is 18.0 Å². The molecule has 2 atom stereocenters. The minimum absolute atomic E-state index is 0.0156. The molecular weight excluding hydrogens is 258 g/mol. The Morgan fingerprint density at radius 2 is 2.16 bits per heavy atom. The van der Waals surface area contributed by atoms with Gasteiger partial charge >= 0.3 is 18.0 Å². The van der Waals surface area contributed by atoms with Crippen molar-refractivity contribution in [2.45, 2.75) is 18.6 Å². The molecule has 9 nitrogen and oxygen atoms in total. The average molecular weight is 271 g/mol. The molecule has 0 aromatic heterocycles. The Kier molecular flexibility index (Phi) is 5.08. The van der Waals surface area contributed by atoms with Crippen LogP contribution < -0.4 is 5.32 Å². The number of hydrogen-bond donors (Lipinski definition) is 3. The molecule has 0 saturated carbocycles. The van der Waals surface area contributed by atoms with Gasteiger partial charge in [0.1, 0.15) is 6.04 Å². The van der Waals surface area contributed by atoms with Crippen molar-refractivity contribution < 1.29 is 29.3 Å². The Morgan fingerprint density at radius 1 is 1.47 bits per heavy atom. The Hall–Kier alpha value is -2.34. The van der Waals surface area contributed by atoms with E-state index in [1.165, 1.54) is 4.90 Å². The second-order valence-corrected chi connectivity index (χ2v) is 3.87. The number of carboxylic acid groups (broad SMARTS) is 2. The van der Waals surface area contributed by atoms with Crippen molar-refractivity contribution in [3.8, 4) is 6.07 Å². The van der Waals surface area contributed by atoms with Crippen LogP contribution in [-0.2, 0) is 14.3 Å². The lowest BCUT2D eigenvalue weighted by atomic mass is 10.2. The number of carbonyl (C=O) groups excluding carboxylic acids is 1. The summed E-state index contributed by atoms with van der Waals surface area (Å²) >= 11 is 0. The zero-order valence-electron chi connectivity index (χ0n) is 9.90. The van der Waals surface area contributed by atoms with Crippen molar-refractivity contribution in [1.29, 1.82) is 5.26 Å². The summed E-state index contributed by atoms with van der Waals surface area (Å²) in [6, 6.07) is -0.388. The number of carboxylic acids is 2. The maximum atomic E-state index is 11.7. The van der Waals surface area contributed by atoms with E-state index >= 15 is 0 Å². The van der Waals surface area contributed by atoms with E-state index in [2.05, 4.69) is 5.32 Å². The van der Waals surface area contributed by atoms with Gasteiger partial charge in [0.15, 0.2) is 6.10 Å². The predicted molar refractivity (Wildman–Crippen MR) is 59.1 cm³/mol. The molecule has 1 heterocycles. The molecule has 2 amide bonds. The van der Waals surface area contributed by atoms with Crippen LogP contribution in [0.1, 0.15) is 6.42 Å². The topological polar surface area (TPSA) is 140 Å². The van der Waals surface area contributed by atoms with E-state index in [1.54, 1.807) is 0 Å².